The van der Waals surface area contributed by atoms with Gasteiger partial charge in [0.05, 0.1) is 12.7 Å². The molecule has 0 aliphatic rings. The largest absolute Gasteiger partial charge is 0.496 e. The van der Waals surface area contributed by atoms with Crippen molar-refractivity contribution in [2.45, 2.75) is 13.3 Å². The Morgan fingerprint density at radius 1 is 1.41 bits per heavy atom. The molecular formula is C13H17ClO3. The second-order valence-electron chi connectivity index (χ2n) is 4.03. The van der Waals surface area contributed by atoms with E-state index < -0.39 is 0 Å². The van der Waals surface area contributed by atoms with E-state index in [1.807, 2.05) is 6.92 Å². The smallest absolute Gasteiger partial charge is 0.167 e. The summed E-state index contributed by atoms with van der Waals surface area (Å²) in [4.78, 5) is 12.1. The van der Waals surface area contributed by atoms with Crippen LogP contribution in [0.4, 0.5) is 0 Å². The first-order valence-electron chi connectivity index (χ1n) is 5.44. The summed E-state index contributed by atoms with van der Waals surface area (Å²) in [7, 11) is 3.17. The van der Waals surface area contributed by atoms with E-state index in [9.17, 15) is 4.79 Å². The van der Waals surface area contributed by atoms with Crippen LogP contribution in [0.15, 0.2) is 18.2 Å². The maximum Gasteiger partial charge on any atom is 0.167 e. The van der Waals surface area contributed by atoms with Gasteiger partial charge in [0, 0.05) is 25.2 Å². The third-order valence-corrected chi connectivity index (χ3v) is 2.68. The quantitative estimate of drug-likeness (QED) is 0.734. The highest BCUT2D eigenvalue weighted by molar-refractivity contribution is 6.31. The Morgan fingerprint density at radius 3 is 2.71 bits per heavy atom. The molecule has 1 rings (SSSR count). The van der Waals surface area contributed by atoms with Gasteiger partial charge in [0.15, 0.2) is 5.78 Å². The van der Waals surface area contributed by atoms with Crippen molar-refractivity contribution in [2.24, 2.45) is 5.92 Å². The first kappa shape index (κ1) is 14.0. The number of ether oxygens (including phenoxy) is 2. The monoisotopic (exact) mass is 256 g/mol. The molecule has 3 nitrogen and oxygen atoms in total. The van der Waals surface area contributed by atoms with Crippen LogP contribution < -0.4 is 4.74 Å². The fourth-order valence-corrected chi connectivity index (χ4v) is 1.84. The molecule has 1 aromatic carbocycles. The predicted molar refractivity (Wildman–Crippen MR) is 68.0 cm³/mol. The van der Waals surface area contributed by atoms with Crippen molar-refractivity contribution in [3.05, 3.63) is 28.8 Å². The summed E-state index contributed by atoms with van der Waals surface area (Å²) in [5, 5.41) is 0.536. The van der Waals surface area contributed by atoms with E-state index in [0.717, 1.165) is 0 Å². The van der Waals surface area contributed by atoms with Gasteiger partial charge in [0.25, 0.3) is 0 Å². The van der Waals surface area contributed by atoms with Crippen molar-refractivity contribution < 1.29 is 14.3 Å². The molecule has 17 heavy (non-hydrogen) atoms. The number of carbonyl (C=O) groups excluding carboxylic acids is 1. The zero-order valence-corrected chi connectivity index (χ0v) is 11.1. The molecule has 1 unspecified atom stereocenters. The van der Waals surface area contributed by atoms with Crippen LogP contribution in [0.5, 0.6) is 5.75 Å². The predicted octanol–water partition coefficient (Wildman–Crippen LogP) is 3.20. The molecule has 0 aromatic heterocycles. The minimum Gasteiger partial charge on any atom is -0.496 e. The summed E-state index contributed by atoms with van der Waals surface area (Å²) in [6.07, 6.45) is 0.421. The third-order valence-electron chi connectivity index (χ3n) is 2.45. The molecule has 0 saturated heterocycles. The van der Waals surface area contributed by atoms with Gasteiger partial charge in [-0.05, 0) is 24.1 Å². The molecule has 0 aliphatic carbocycles. The molecule has 0 radical (unpaired) electrons. The molecule has 0 amide bonds. The van der Waals surface area contributed by atoms with Crippen molar-refractivity contribution >= 4 is 17.4 Å². The number of hydrogen-bond acceptors (Lipinski definition) is 3. The maximum absolute atomic E-state index is 12.1. The van der Waals surface area contributed by atoms with E-state index >= 15 is 0 Å². The van der Waals surface area contributed by atoms with Crippen molar-refractivity contribution in [2.75, 3.05) is 20.8 Å². The van der Waals surface area contributed by atoms with Gasteiger partial charge in [0.2, 0.25) is 0 Å². The highest BCUT2D eigenvalue weighted by atomic mass is 35.5. The summed E-state index contributed by atoms with van der Waals surface area (Å²) >= 11 is 5.88. The number of hydrogen-bond donors (Lipinski definition) is 0. The summed E-state index contributed by atoms with van der Waals surface area (Å²) in [6.45, 7) is 2.53. The van der Waals surface area contributed by atoms with E-state index in [2.05, 4.69) is 0 Å². The van der Waals surface area contributed by atoms with E-state index in [1.54, 1.807) is 32.4 Å². The highest BCUT2D eigenvalue weighted by Crippen LogP contribution is 2.25. The SMILES string of the molecule is COCC(C)CC(=O)c1cc(Cl)ccc1OC. The molecular weight excluding hydrogens is 240 g/mol. The first-order chi connectivity index (χ1) is 8.08. The Hall–Kier alpha value is -1.06. The second kappa shape index (κ2) is 6.62. The average molecular weight is 257 g/mol. The molecule has 1 atom stereocenters. The molecule has 0 N–H and O–H groups in total. The molecule has 4 heteroatoms. The van der Waals surface area contributed by atoms with E-state index in [0.29, 0.717) is 29.4 Å². The highest BCUT2D eigenvalue weighted by Gasteiger charge is 2.15. The van der Waals surface area contributed by atoms with Crippen LogP contribution in [0.2, 0.25) is 5.02 Å². The molecule has 1 aromatic rings. The summed E-state index contributed by atoms with van der Waals surface area (Å²) < 4.78 is 10.2. The third kappa shape index (κ3) is 4.02. The molecule has 0 aliphatic heterocycles. The van der Waals surface area contributed by atoms with Crippen LogP contribution >= 0.6 is 11.6 Å². The first-order valence-corrected chi connectivity index (χ1v) is 5.82. The summed E-state index contributed by atoms with van der Waals surface area (Å²) in [5.41, 5.74) is 0.531. The Kier molecular flexibility index (Phi) is 5.45. The number of rotatable bonds is 6. The van der Waals surface area contributed by atoms with E-state index in [-0.39, 0.29) is 11.7 Å². The van der Waals surface area contributed by atoms with Gasteiger partial charge >= 0.3 is 0 Å². The minimum absolute atomic E-state index is 0.0221. The lowest BCUT2D eigenvalue weighted by Gasteiger charge is -2.11. The Balaban J connectivity index is 2.83. The standard InChI is InChI=1S/C13H17ClO3/c1-9(8-16-2)6-12(15)11-7-10(14)4-5-13(11)17-3/h4-5,7,9H,6,8H2,1-3H3. The van der Waals surface area contributed by atoms with E-state index in [4.69, 9.17) is 21.1 Å². The molecule has 0 spiro atoms. The fourth-order valence-electron chi connectivity index (χ4n) is 1.67. The number of ketones is 1. The lowest BCUT2D eigenvalue weighted by molar-refractivity contribution is 0.0917. The number of benzene rings is 1. The molecule has 0 bridgehead atoms. The maximum atomic E-state index is 12.1. The van der Waals surface area contributed by atoms with Crippen molar-refractivity contribution in [1.82, 2.24) is 0 Å². The Bertz CT molecular complexity index is 390. The van der Waals surface area contributed by atoms with Crippen LogP contribution in [0.25, 0.3) is 0 Å². The van der Waals surface area contributed by atoms with Gasteiger partial charge < -0.3 is 9.47 Å². The van der Waals surface area contributed by atoms with Crippen molar-refractivity contribution in [1.29, 1.82) is 0 Å². The number of methoxy groups -OCH3 is 2. The second-order valence-corrected chi connectivity index (χ2v) is 4.47. The zero-order valence-electron chi connectivity index (χ0n) is 10.3. The Labute approximate surface area is 107 Å². The molecule has 94 valence electrons. The number of halogens is 1. The number of carbonyl (C=O) groups is 1. The normalized spacial score (nSPS) is 12.2. The Morgan fingerprint density at radius 2 is 2.12 bits per heavy atom. The van der Waals surface area contributed by atoms with Gasteiger partial charge in [-0.3, -0.25) is 4.79 Å². The zero-order chi connectivity index (χ0) is 12.8. The summed E-state index contributed by atoms with van der Waals surface area (Å²) in [6, 6.07) is 5.05. The molecule has 0 heterocycles. The average Bonchev–Trinajstić information content (AvgIpc) is 2.29. The van der Waals surface area contributed by atoms with Crippen molar-refractivity contribution in [3.8, 4) is 5.75 Å². The van der Waals surface area contributed by atoms with Gasteiger partial charge in [-0.15, -0.1) is 0 Å². The van der Waals surface area contributed by atoms with Crippen LogP contribution in [-0.4, -0.2) is 26.6 Å². The number of Topliss-reactive ketones (excluding diaryl/α,β-unsaturated/α-hetero) is 1. The topological polar surface area (TPSA) is 35.5 Å². The van der Waals surface area contributed by atoms with Crippen molar-refractivity contribution in [3.63, 3.8) is 0 Å². The van der Waals surface area contributed by atoms with E-state index in [1.165, 1.54) is 0 Å². The molecule has 0 fully saturated rings. The van der Waals surface area contributed by atoms with Crippen LogP contribution in [-0.2, 0) is 4.74 Å². The summed E-state index contributed by atoms with van der Waals surface area (Å²) in [5.74, 6) is 0.758. The lowest BCUT2D eigenvalue weighted by Crippen LogP contribution is -2.11. The van der Waals surface area contributed by atoms with Gasteiger partial charge in [-0.25, -0.2) is 0 Å². The van der Waals surface area contributed by atoms with Gasteiger partial charge in [-0.1, -0.05) is 18.5 Å². The van der Waals surface area contributed by atoms with Gasteiger partial charge in [0.1, 0.15) is 5.75 Å². The molecule has 0 saturated carbocycles. The van der Waals surface area contributed by atoms with Gasteiger partial charge in [-0.2, -0.15) is 0 Å². The fraction of sp³-hybridized carbons (Fsp3) is 0.462. The minimum atomic E-state index is 0.0221. The lowest BCUT2D eigenvalue weighted by atomic mass is 10.00. The van der Waals surface area contributed by atoms with Crippen LogP contribution in [0.3, 0.4) is 0 Å². The van der Waals surface area contributed by atoms with Crippen LogP contribution in [0, 0.1) is 5.92 Å². The van der Waals surface area contributed by atoms with Crippen LogP contribution in [0.1, 0.15) is 23.7 Å².